The minimum atomic E-state index is 0.317. The largest absolute Gasteiger partial charge is 0.381 e. The maximum absolute atomic E-state index is 6.07. The van der Waals surface area contributed by atoms with E-state index in [0.717, 1.165) is 57.9 Å². The fourth-order valence-electron chi connectivity index (χ4n) is 2.94. The van der Waals surface area contributed by atoms with E-state index in [1.165, 1.54) is 5.56 Å². The summed E-state index contributed by atoms with van der Waals surface area (Å²) in [6.07, 6.45) is 2.29. The molecule has 1 aromatic rings. The summed E-state index contributed by atoms with van der Waals surface area (Å²) in [5.41, 5.74) is 8.41. The highest BCUT2D eigenvalue weighted by Crippen LogP contribution is 2.14. The molecule has 0 aromatic heterocycles. The van der Waals surface area contributed by atoms with Gasteiger partial charge in [0.25, 0.3) is 0 Å². The fraction of sp³-hybridized carbons (Fsp3) is 0.611. The third kappa shape index (κ3) is 5.19. The molecule has 2 N–H and O–H groups in total. The Bertz CT molecular complexity index is 538. The molecule has 24 heavy (non-hydrogen) atoms. The Balaban J connectivity index is 1.50. The van der Waals surface area contributed by atoms with Gasteiger partial charge in [0.2, 0.25) is 0 Å². The Hall–Kier alpha value is -1.63. The van der Waals surface area contributed by atoms with Gasteiger partial charge in [-0.25, -0.2) is 4.99 Å². The highest BCUT2D eigenvalue weighted by Gasteiger charge is 2.14. The molecule has 6 nitrogen and oxygen atoms in total. The standard InChI is InChI=1S/C18H27N3O3/c19-18(21-6-10-23-11-7-21)20-13-15-2-1-3-16(12-15)14-24-17-4-8-22-9-5-17/h1-3,12,17H,4-11,13-14H2,(H2,19,20). The molecule has 0 bridgehead atoms. The summed E-state index contributed by atoms with van der Waals surface area (Å²) in [6, 6.07) is 8.37. The van der Waals surface area contributed by atoms with Crippen LogP contribution in [0.3, 0.4) is 0 Å². The van der Waals surface area contributed by atoms with E-state index in [4.69, 9.17) is 19.9 Å². The molecule has 2 saturated heterocycles. The van der Waals surface area contributed by atoms with Crippen molar-refractivity contribution in [1.29, 1.82) is 0 Å². The molecule has 0 amide bonds. The highest BCUT2D eigenvalue weighted by molar-refractivity contribution is 5.78. The van der Waals surface area contributed by atoms with Crippen LogP contribution in [0.1, 0.15) is 24.0 Å². The molecule has 2 aliphatic rings. The van der Waals surface area contributed by atoms with Crippen LogP contribution in [0.4, 0.5) is 0 Å². The van der Waals surface area contributed by atoms with Crippen LogP contribution in [0, 0.1) is 0 Å². The molecular weight excluding hydrogens is 306 g/mol. The second kappa shape index (κ2) is 9.01. The van der Waals surface area contributed by atoms with Crippen LogP contribution in [0.5, 0.6) is 0 Å². The van der Waals surface area contributed by atoms with Crippen molar-refractivity contribution in [2.45, 2.75) is 32.1 Å². The van der Waals surface area contributed by atoms with Crippen LogP contribution >= 0.6 is 0 Å². The Labute approximate surface area is 143 Å². The molecule has 0 radical (unpaired) electrons. The van der Waals surface area contributed by atoms with E-state index in [-0.39, 0.29) is 0 Å². The molecule has 0 atom stereocenters. The van der Waals surface area contributed by atoms with E-state index in [2.05, 4.69) is 34.2 Å². The van der Waals surface area contributed by atoms with Gasteiger partial charge in [0, 0.05) is 26.3 Å². The molecule has 0 aliphatic carbocycles. The molecule has 1 aromatic carbocycles. The SMILES string of the molecule is NC(=NCc1cccc(COC2CCOCC2)c1)N1CCOCC1. The molecule has 0 saturated carbocycles. The van der Waals surface area contributed by atoms with Crippen molar-refractivity contribution in [3.05, 3.63) is 35.4 Å². The van der Waals surface area contributed by atoms with E-state index < -0.39 is 0 Å². The van der Waals surface area contributed by atoms with E-state index >= 15 is 0 Å². The first-order chi connectivity index (χ1) is 11.8. The number of rotatable bonds is 5. The molecule has 2 heterocycles. The number of morpholine rings is 1. The Kier molecular flexibility index (Phi) is 6.46. The van der Waals surface area contributed by atoms with Crippen LogP contribution < -0.4 is 5.73 Å². The first-order valence-electron chi connectivity index (χ1n) is 8.71. The van der Waals surface area contributed by atoms with Gasteiger partial charge in [0.05, 0.1) is 32.5 Å². The van der Waals surface area contributed by atoms with Gasteiger partial charge in [-0.05, 0) is 24.0 Å². The van der Waals surface area contributed by atoms with Crippen LogP contribution in [0.25, 0.3) is 0 Å². The van der Waals surface area contributed by atoms with Crippen molar-refractivity contribution in [1.82, 2.24) is 4.90 Å². The number of hydrogen-bond acceptors (Lipinski definition) is 4. The summed E-state index contributed by atoms with van der Waals surface area (Å²) >= 11 is 0. The number of aliphatic imine (C=N–C) groups is 1. The minimum Gasteiger partial charge on any atom is -0.381 e. The van der Waals surface area contributed by atoms with Crippen LogP contribution in [0.15, 0.2) is 29.3 Å². The molecule has 0 spiro atoms. The van der Waals surface area contributed by atoms with Crippen LogP contribution in [0.2, 0.25) is 0 Å². The van der Waals surface area contributed by atoms with E-state index in [9.17, 15) is 0 Å². The highest BCUT2D eigenvalue weighted by atomic mass is 16.5. The quantitative estimate of drug-likeness (QED) is 0.654. The van der Waals surface area contributed by atoms with Gasteiger partial charge in [-0.2, -0.15) is 0 Å². The smallest absolute Gasteiger partial charge is 0.191 e. The van der Waals surface area contributed by atoms with E-state index in [1.807, 2.05) is 0 Å². The maximum Gasteiger partial charge on any atom is 0.191 e. The summed E-state index contributed by atoms with van der Waals surface area (Å²) in [5, 5.41) is 0. The zero-order valence-electron chi connectivity index (χ0n) is 14.2. The number of hydrogen-bond donors (Lipinski definition) is 1. The Morgan fingerprint density at radius 1 is 1.12 bits per heavy atom. The first-order valence-corrected chi connectivity index (χ1v) is 8.71. The van der Waals surface area contributed by atoms with Gasteiger partial charge in [-0.3, -0.25) is 0 Å². The number of guanidine groups is 1. The van der Waals surface area contributed by atoms with Gasteiger partial charge in [-0.15, -0.1) is 0 Å². The molecule has 3 rings (SSSR count). The monoisotopic (exact) mass is 333 g/mol. The lowest BCUT2D eigenvalue weighted by Crippen LogP contribution is -2.44. The van der Waals surface area contributed by atoms with Gasteiger partial charge in [0.15, 0.2) is 5.96 Å². The lowest BCUT2D eigenvalue weighted by atomic mass is 10.1. The van der Waals surface area contributed by atoms with Crippen molar-refractivity contribution >= 4 is 5.96 Å². The average molecular weight is 333 g/mol. The third-order valence-electron chi connectivity index (χ3n) is 4.40. The predicted octanol–water partition coefficient (Wildman–Crippen LogP) is 1.53. The summed E-state index contributed by atoms with van der Waals surface area (Å²) in [5.74, 6) is 0.599. The molecular formula is C18H27N3O3. The number of nitrogens with two attached hydrogens (primary N) is 1. The van der Waals surface area contributed by atoms with Crippen molar-refractivity contribution in [2.24, 2.45) is 10.7 Å². The lowest BCUT2D eigenvalue weighted by molar-refractivity contribution is -0.0390. The van der Waals surface area contributed by atoms with E-state index in [0.29, 0.717) is 25.2 Å². The van der Waals surface area contributed by atoms with Gasteiger partial charge < -0.3 is 24.8 Å². The maximum atomic E-state index is 6.07. The zero-order chi connectivity index (χ0) is 16.6. The molecule has 2 aliphatic heterocycles. The summed E-state index contributed by atoms with van der Waals surface area (Å²) < 4.78 is 16.7. The van der Waals surface area contributed by atoms with Crippen molar-refractivity contribution in [2.75, 3.05) is 39.5 Å². The fourth-order valence-corrected chi connectivity index (χ4v) is 2.94. The summed E-state index contributed by atoms with van der Waals surface area (Å²) in [6.45, 7) is 5.91. The first kappa shape index (κ1) is 17.2. The normalized spacial score (nSPS) is 20.3. The Morgan fingerprint density at radius 3 is 2.62 bits per heavy atom. The molecule has 6 heteroatoms. The van der Waals surface area contributed by atoms with Gasteiger partial charge >= 0.3 is 0 Å². The third-order valence-corrected chi connectivity index (χ3v) is 4.40. The number of benzene rings is 1. The van der Waals surface area contributed by atoms with Crippen molar-refractivity contribution < 1.29 is 14.2 Å². The molecule has 132 valence electrons. The topological polar surface area (TPSA) is 69.3 Å². The summed E-state index contributed by atoms with van der Waals surface area (Å²) in [4.78, 5) is 6.59. The number of nitrogens with zero attached hydrogens (tertiary/aromatic N) is 2. The van der Waals surface area contributed by atoms with Crippen molar-refractivity contribution in [3.63, 3.8) is 0 Å². The van der Waals surface area contributed by atoms with Crippen LogP contribution in [-0.2, 0) is 27.4 Å². The minimum absolute atomic E-state index is 0.317. The van der Waals surface area contributed by atoms with Crippen molar-refractivity contribution in [3.8, 4) is 0 Å². The lowest BCUT2D eigenvalue weighted by Gasteiger charge is -2.27. The zero-order valence-corrected chi connectivity index (χ0v) is 14.2. The molecule has 2 fully saturated rings. The number of ether oxygens (including phenoxy) is 3. The Morgan fingerprint density at radius 2 is 1.83 bits per heavy atom. The molecule has 0 unspecified atom stereocenters. The predicted molar refractivity (Wildman–Crippen MR) is 92.8 cm³/mol. The average Bonchev–Trinajstić information content (AvgIpc) is 2.66. The second-order valence-electron chi connectivity index (χ2n) is 6.22. The van der Waals surface area contributed by atoms with E-state index in [1.54, 1.807) is 0 Å². The van der Waals surface area contributed by atoms with Gasteiger partial charge in [0.1, 0.15) is 0 Å². The van der Waals surface area contributed by atoms with Crippen LogP contribution in [-0.4, -0.2) is 56.5 Å². The second-order valence-corrected chi connectivity index (χ2v) is 6.22. The summed E-state index contributed by atoms with van der Waals surface area (Å²) in [7, 11) is 0. The van der Waals surface area contributed by atoms with Gasteiger partial charge in [-0.1, -0.05) is 24.3 Å².